The summed E-state index contributed by atoms with van der Waals surface area (Å²) in [7, 11) is 0. The zero-order valence-corrected chi connectivity index (χ0v) is 18.9. The van der Waals surface area contributed by atoms with Crippen molar-refractivity contribution in [3.8, 4) is 11.5 Å². The largest absolute Gasteiger partial charge is 0.490 e. The zero-order chi connectivity index (χ0) is 19.9. The lowest BCUT2D eigenvalue weighted by atomic mass is 9.74. The standard InChI is InChI=1S/C23H29IO4/c1-4-16-8-18(24)21(19(9-16)26-5-2)27-7-6-20(25)28-23-11-15(3)10-22(14-23)12-17(22)13-23/h4,8-9,15,17H,1,5-7,10-14H2,2-3H3. The van der Waals surface area contributed by atoms with Crippen LogP contribution in [0.1, 0.15) is 57.9 Å². The van der Waals surface area contributed by atoms with E-state index in [1.807, 2.05) is 19.1 Å². The number of esters is 1. The van der Waals surface area contributed by atoms with Crippen LogP contribution >= 0.6 is 22.6 Å². The van der Waals surface area contributed by atoms with E-state index in [4.69, 9.17) is 14.2 Å². The van der Waals surface area contributed by atoms with E-state index in [0.29, 0.717) is 36.0 Å². The van der Waals surface area contributed by atoms with Crippen LogP contribution in [0.2, 0.25) is 0 Å². The maximum absolute atomic E-state index is 12.6. The Morgan fingerprint density at radius 1 is 1.29 bits per heavy atom. The van der Waals surface area contributed by atoms with Crippen LogP contribution in [-0.4, -0.2) is 24.8 Å². The van der Waals surface area contributed by atoms with Crippen molar-refractivity contribution in [2.75, 3.05) is 13.2 Å². The van der Waals surface area contributed by atoms with Crippen molar-refractivity contribution < 1.29 is 19.0 Å². The van der Waals surface area contributed by atoms with E-state index >= 15 is 0 Å². The maximum Gasteiger partial charge on any atom is 0.309 e. The van der Waals surface area contributed by atoms with Crippen LogP contribution in [0, 0.1) is 20.8 Å². The number of rotatable bonds is 8. The highest BCUT2D eigenvalue weighted by molar-refractivity contribution is 14.1. The molecule has 0 aliphatic heterocycles. The van der Waals surface area contributed by atoms with E-state index < -0.39 is 0 Å². The molecule has 3 saturated carbocycles. The van der Waals surface area contributed by atoms with Crippen molar-refractivity contribution in [3.63, 3.8) is 0 Å². The minimum atomic E-state index is -0.200. The molecule has 5 heteroatoms. The molecule has 1 aromatic carbocycles. The van der Waals surface area contributed by atoms with Crippen molar-refractivity contribution in [3.05, 3.63) is 27.8 Å². The number of hydrogen-bond donors (Lipinski definition) is 0. The van der Waals surface area contributed by atoms with Gasteiger partial charge in [-0.2, -0.15) is 0 Å². The van der Waals surface area contributed by atoms with E-state index in [9.17, 15) is 4.79 Å². The quantitative estimate of drug-likeness (QED) is 0.347. The predicted molar refractivity (Wildman–Crippen MR) is 118 cm³/mol. The number of benzene rings is 1. The maximum atomic E-state index is 12.6. The van der Waals surface area contributed by atoms with Crippen LogP contribution in [-0.2, 0) is 9.53 Å². The minimum Gasteiger partial charge on any atom is -0.490 e. The SMILES string of the molecule is C=Cc1cc(I)c(OCCC(=O)OC23CC(C)CC4(CC4C2)C3)c(OCC)c1. The molecule has 0 N–H and O–H groups in total. The van der Waals surface area contributed by atoms with Gasteiger partial charge >= 0.3 is 5.97 Å². The van der Waals surface area contributed by atoms with E-state index in [0.717, 1.165) is 34.3 Å². The van der Waals surface area contributed by atoms with Crippen molar-refractivity contribution >= 4 is 34.6 Å². The molecular formula is C23H29IO4. The van der Waals surface area contributed by atoms with Crippen LogP contribution < -0.4 is 9.47 Å². The Bertz CT molecular complexity index is 787. The third-order valence-corrected chi connectivity index (χ3v) is 7.38. The highest BCUT2D eigenvalue weighted by Gasteiger charge is 2.69. The van der Waals surface area contributed by atoms with Gasteiger partial charge in [0.25, 0.3) is 0 Å². The Morgan fingerprint density at radius 2 is 2.11 bits per heavy atom. The average molecular weight is 496 g/mol. The third-order valence-electron chi connectivity index (χ3n) is 6.58. The van der Waals surface area contributed by atoms with E-state index in [-0.39, 0.29) is 18.0 Å². The number of ether oxygens (including phenoxy) is 3. The highest BCUT2D eigenvalue weighted by Crippen LogP contribution is 2.73. The molecule has 4 nitrogen and oxygen atoms in total. The van der Waals surface area contributed by atoms with Crippen molar-refractivity contribution in [2.24, 2.45) is 17.3 Å². The summed E-state index contributed by atoms with van der Waals surface area (Å²) in [6, 6.07) is 3.91. The van der Waals surface area contributed by atoms with E-state index in [1.165, 1.54) is 12.8 Å². The second kappa shape index (κ2) is 7.54. The fraction of sp³-hybridized carbons (Fsp3) is 0.609. The smallest absolute Gasteiger partial charge is 0.309 e. The lowest BCUT2D eigenvalue weighted by Crippen LogP contribution is -2.40. The molecule has 0 aromatic heterocycles. The van der Waals surface area contributed by atoms with Gasteiger partial charge in [-0.15, -0.1) is 0 Å². The van der Waals surface area contributed by atoms with Gasteiger partial charge in [-0.1, -0.05) is 19.6 Å². The molecule has 4 atom stereocenters. The third kappa shape index (κ3) is 3.79. The Kier molecular flexibility index (Phi) is 5.40. The number of carbonyl (C=O) groups is 1. The molecule has 0 radical (unpaired) electrons. The number of carbonyl (C=O) groups excluding carboxylic acids is 1. The fourth-order valence-corrected chi connectivity index (χ4v) is 6.52. The van der Waals surface area contributed by atoms with Gasteiger partial charge < -0.3 is 14.2 Å². The molecule has 28 heavy (non-hydrogen) atoms. The zero-order valence-electron chi connectivity index (χ0n) is 16.8. The van der Waals surface area contributed by atoms with Gasteiger partial charge in [-0.3, -0.25) is 4.79 Å². The van der Waals surface area contributed by atoms with Gasteiger partial charge in [0, 0.05) is 0 Å². The molecule has 4 unspecified atom stereocenters. The second-order valence-corrected chi connectivity index (χ2v) is 10.0. The minimum absolute atomic E-state index is 0.138. The average Bonchev–Trinajstić information content (AvgIpc) is 3.18. The molecule has 1 spiro atoms. The van der Waals surface area contributed by atoms with Gasteiger partial charge in [-0.05, 0) is 96.6 Å². The van der Waals surface area contributed by atoms with Gasteiger partial charge in [0.2, 0.25) is 0 Å². The molecule has 4 rings (SSSR count). The van der Waals surface area contributed by atoms with Crippen LogP contribution in [0.15, 0.2) is 18.7 Å². The number of hydrogen-bond acceptors (Lipinski definition) is 4. The molecule has 152 valence electrons. The summed E-state index contributed by atoms with van der Waals surface area (Å²) >= 11 is 2.23. The van der Waals surface area contributed by atoms with Crippen molar-refractivity contribution in [1.82, 2.24) is 0 Å². The summed E-state index contributed by atoms with van der Waals surface area (Å²) in [6.07, 6.45) is 7.88. The monoisotopic (exact) mass is 496 g/mol. The molecule has 3 aliphatic carbocycles. The summed E-state index contributed by atoms with van der Waals surface area (Å²) in [4.78, 5) is 12.6. The summed E-state index contributed by atoms with van der Waals surface area (Å²) in [5.41, 5.74) is 1.29. The normalized spacial score (nSPS) is 32.4. The summed E-state index contributed by atoms with van der Waals surface area (Å²) in [5.74, 6) is 2.69. The Labute approximate surface area is 181 Å². The van der Waals surface area contributed by atoms with E-state index in [1.54, 1.807) is 6.08 Å². The Hall–Kier alpha value is -1.24. The highest BCUT2D eigenvalue weighted by atomic mass is 127. The van der Waals surface area contributed by atoms with Gasteiger partial charge in [0.1, 0.15) is 5.60 Å². The van der Waals surface area contributed by atoms with Crippen molar-refractivity contribution in [1.29, 1.82) is 0 Å². The molecule has 3 fully saturated rings. The second-order valence-electron chi connectivity index (χ2n) is 8.88. The van der Waals surface area contributed by atoms with Crippen molar-refractivity contribution in [2.45, 2.75) is 58.0 Å². The molecule has 0 saturated heterocycles. The lowest BCUT2D eigenvalue weighted by molar-refractivity contribution is -0.165. The summed E-state index contributed by atoms with van der Waals surface area (Å²) in [6.45, 7) is 8.91. The van der Waals surface area contributed by atoms with Crippen LogP contribution in [0.4, 0.5) is 0 Å². The number of halogens is 1. The first-order valence-corrected chi connectivity index (χ1v) is 11.4. The van der Waals surface area contributed by atoms with Gasteiger partial charge in [0.15, 0.2) is 11.5 Å². The topological polar surface area (TPSA) is 44.8 Å². The lowest BCUT2D eigenvalue weighted by Gasteiger charge is -2.39. The predicted octanol–water partition coefficient (Wildman–Crippen LogP) is 5.61. The molecule has 0 heterocycles. The first-order valence-electron chi connectivity index (χ1n) is 10.3. The fourth-order valence-electron chi connectivity index (χ4n) is 5.74. The molecule has 1 aromatic rings. The van der Waals surface area contributed by atoms with Gasteiger partial charge in [0.05, 0.1) is 23.2 Å². The number of fused-ring (bicyclic) bond motifs is 1. The molecular weight excluding hydrogens is 467 g/mol. The Morgan fingerprint density at radius 3 is 2.86 bits per heavy atom. The van der Waals surface area contributed by atoms with Crippen LogP contribution in [0.3, 0.4) is 0 Å². The van der Waals surface area contributed by atoms with Crippen LogP contribution in [0.5, 0.6) is 11.5 Å². The van der Waals surface area contributed by atoms with Crippen LogP contribution in [0.25, 0.3) is 6.08 Å². The molecule has 2 bridgehead atoms. The summed E-state index contributed by atoms with van der Waals surface area (Å²) < 4.78 is 18.7. The molecule has 0 amide bonds. The Balaban J connectivity index is 1.34. The van der Waals surface area contributed by atoms with E-state index in [2.05, 4.69) is 36.1 Å². The molecule has 3 aliphatic rings. The van der Waals surface area contributed by atoms with Gasteiger partial charge in [-0.25, -0.2) is 0 Å². The summed E-state index contributed by atoms with van der Waals surface area (Å²) in [5, 5.41) is 0. The first-order chi connectivity index (χ1) is 13.4. The first kappa shape index (κ1) is 20.0.